The number of rotatable bonds is 8. The van der Waals surface area contributed by atoms with Crippen LogP contribution in [0.1, 0.15) is 44.8 Å². The van der Waals surface area contributed by atoms with Crippen LogP contribution in [-0.4, -0.2) is 48.3 Å². The summed E-state index contributed by atoms with van der Waals surface area (Å²) in [6, 6.07) is 8.84. The number of likely N-dealkylation sites (N-methyl/N-ethyl adjacent to an activating group) is 1. The lowest BCUT2D eigenvalue weighted by Crippen LogP contribution is -2.35. The van der Waals surface area contributed by atoms with Crippen molar-refractivity contribution in [2.24, 2.45) is 11.5 Å². The fraction of sp³-hybridized carbons (Fsp3) is 0.393. The molecule has 1 aliphatic heterocycles. The first-order chi connectivity index (χ1) is 17.7. The summed E-state index contributed by atoms with van der Waals surface area (Å²) in [6.07, 6.45) is 13.2. The molecule has 3 rings (SSSR count). The summed E-state index contributed by atoms with van der Waals surface area (Å²) in [5.74, 6) is 0.149. The van der Waals surface area contributed by atoms with Crippen LogP contribution in [-0.2, 0) is 9.59 Å². The number of nitriles is 1. The zero-order chi connectivity index (χ0) is 28.0. The van der Waals surface area contributed by atoms with Gasteiger partial charge in [0.1, 0.15) is 23.2 Å². The van der Waals surface area contributed by atoms with Gasteiger partial charge in [0.15, 0.2) is 5.57 Å². The van der Waals surface area contributed by atoms with E-state index in [1.54, 1.807) is 24.3 Å². The Labute approximate surface area is 219 Å². The Morgan fingerprint density at radius 1 is 1.27 bits per heavy atom. The number of amides is 2. The standard InChI is InChI=1S/C13H12N4O2.C13H24N2O.C2H2/c1-7-4-8-5-9(2-3-11(8)19-7)17-12(15)10(6-14)13(16)18;1-4-9-14(3)12(2)11-15-10-7-5-6-8-13(15)16;1-2/h2-5,17H,15H2,1H3,(H2,16,18);2,4-11H2,1,3H3;1-2H/b12-10+;;. The zero-order valence-corrected chi connectivity index (χ0v) is 22.0. The van der Waals surface area contributed by atoms with Crippen LogP contribution >= 0.6 is 0 Å². The minimum absolute atomic E-state index is 0.0745. The summed E-state index contributed by atoms with van der Waals surface area (Å²) >= 11 is 0. The first-order valence-corrected chi connectivity index (χ1v) is 12.1. The Morgan fingerprint density at radius 2 is 1.97 bits per heavy atom. The summed E-state index contributed by atoms with van der Waals surface area (Å²) in [5.41, 5.74) is 12.8. The number of terminal acetylenes is 1. The van der Waals surface area contributed by atoms with Gasteiger partial charge in [0.25, 0.3) is 5.91 Å². The van der Waals surface area contributed by atoms with E-state index in [4.69, 9.17) is 21.1 Å². The third-order valence-corrected chi connectivity index (χ3v) is 5.69. The quantitative estimate of drug-likeness (QED) is 0.281. The molecule has 1 aromatic carbocycles. The number of hydrogen-bond donors (Lipinski definition) is 3. The van der Waals surface area contributed by atoms with E-state index in [2.05, 4.69) is 36.6 Å². The number of nitrogens with zero attached hydrogens (tertiary/aromatic N) is 3. The van der Waals surface area contributed by atoms with E-state index in [1.807, 2.05) is 24.9 Å². The van der Waals surface area contributed by atoms with Crippen molar-refractivity contribution in [3.63, 3.8) is 0 Å². The van der Waals surface area contributed by atoms with Gasteiger partial charge >= 0.3 is 0 Å². The normalized spacial score (nSPS) is 13.5. The van der Waals surface area contributed by atoms with Crippen molar-refractivity contribution in [1.29, 1.82) is 5.26 Å². The first-order valence-electron chi connectivity index (χ1n) is 12.1. The van der Waals surface area contributed by atoms with Crippen LogP contribution in [0.25, 0.3) is 11.0 Å². The number of primary amides is 1. The maximum absolute atomic E-state index is 11.8. The summed E-state index contributed by atoms with van der Waals surface area (Å²) in [6.45, 7) is 10.7. The molecule has 0 radical (unpaired) electrons. The van der Waals surface area contributed by atoms with Gasteiger partial charge in [-0.2, -0.15) is 5.26 Å². The van der Waals surface area contributed by atoms with Gasteiger partial charge in [0, 0.05) is 43.3 Å². The van der Waals surface area contributed by atoms with Crippen LogP contribution < -0.4 is 16.8 Å². The highest BCUT2D eigenvalue weighted by Gasteiger charge is 2.18. The van der Waals surface area contributed by atoms with Crippen molar-refractivity contribution in [3.05, 3.63) is 53.7 Å². The highest BCUT2D eigenvalue weighted by Crippen LogP contribution is 2.23. The summed E-state index contributed by atoms with van der Waals surface area (Å²) < 4.78 is 5.44. The molecule has 9 nitrogen and oxygen atoms in total. The maximum Gasteiger partial charge on any atom is 0.263 e. The molecule has 0 atom stereocenters. The lowest BCUT2D eigenvalue weighted by molar-refractivity contribution is -0.130. The van der Waals surface area contributed by atoms with Crippen molar-refractivity contribution in [2.45, 2.75) is 46.0 Å². The van der Waals surface area contributed by atoms with E-state index in [9.17, 15) is 9.59 Å². The average molecular weight is 507 g/mol. The van der Waals surface area contributed by atoms with Crippen LogP contribution in [0.3, 0.4) is 0 Å². The third kappa shape index (κ3) is 9.65. The number of hydrogen-bond acceptors (Lipinski definition) is 7. The van der Waals surface area contributed by atoms with Crippen LogP contribution in [0.2, 0.25) is 0 Å². The minimum atomic E-state index is -0.868. The number of benzene rings is 1. The lowest BCUT2D eigenvalue weighted by atomic mass is 10.2. The number of nitrogens with two attached hydrogens (primary N) is 2. The molecule has 1 saturated heterocycles. The van der Waals surface area contributed by atoms with Gasteiger partial charge in [-0.25, -0.2) is 0 Å². The second kappa shape index (κ2) is 15.6. The van der Waals surface area contributed by atoms with E-state index >= 15 is 0 Å². The van der Waals surface area contributed by atoms with Gasteiger partial charge in [-0.3, -0.25) is 9.59 Å². The van der Waals surface area contributed by atoms with Crippen molar-refractivity contribution >= 4 is 28.5 Å². The van der Waals surface area contributed by atoms with Gasteiger partial charge in [-0.05, 0) is 50.5 Å². The molecule has 2 aromatic rings. The largest absolute Gasteiger partial charge is 0.461 e. The van der Waals surface area contributed by atoms with Crippen molar-refractivity contribution in [2.75, 3.05) is 32.0 Å². The molecule has 0 unspecified atom stereocenters. The van der Waals surface area contributed by atoms with E-state index in [0.29, 0.717) is 24.6 Å². The molecule has 0 spiro atoms. The van der Waals surface area contributed by atoms with Crippen LogP contribution in [0.5, 0.6) is 0 Å². The molecule has 1 aliphatic rings. The fourth-order valence-corrected chi connectivity index (χ4v) is 3.76. The number of furan rings is 1. The second-order valence-electron chi connectivity index (χ2n) is 8.61. The molecule has 37 heavy (non-hydrogen) atoms. The number of aryl methyl sites for hydroxylation is 1. The minimum Gasteiger partial charge on any atom is -0.461 e. The average Bonchev–Trinajstić information content (AvgIpc) is 3.11. The van der Waals surface area contributed by atoms with Gasteiger partial charge in [0.2, 0.25) is 5.91 Å². The predicted molar refractivity (Wildman–Crippen MR) is 148 cm³/mol. The highest BCUT2D eigenvalue weighted by atomic mass is 16.3. The zero-order valence-electron chi connectivity index (χ0n) is 22.0. The predicted octanol–water partition coefficient (Wildman–Crippen LogP) is 3.83. The number of carbonyl (C=O) groups excluding carboxylic acids is 2. The SMILES string of the molecule is C#C.C=C(CN1CCCCCC1=O)N(C)CCC.Cc1cc2cc(N/C(N)=C(\C#N)C(N)=O)ccc2o1. The Balaban J connectivity index is 0.000000352. The van der Waals surface area contributed by atoms with Gasteiger partial charge < -0.3 is 31.0 Å². The molecule has 1 aromatic heterocycles. The topological polar surface area (TPSA) is 142 Å². The molecular weight excluding hydrogens is 468 g/mol. The Kier molecular flexibility index (Phi) is 12.9. The van der Waals surface area contributed by atoms with Gasteiger partial charge in [-0.15, -0.1) is 12.8 Å². The number of likely N-dealkylation sites (tertiary alicyclic amines) is 1. The smallest absolute Gasteiger partial charge is 0.263 e. The van der Waals surface area contributed by atoms with Crippen molar-refractivity contribution in [1.82, 2.24) is 9.80 Å². The molecular formula is C28H38N6O3. The molecule has 1 fully saturated rings. The van der Waals surface area contributed by atoms with E-state index in [-0.39, 0.29) is 11.4 Å². The fourth-order valence-electron chi connectivity index (χ4n) is 3.76. The Hall–Kier alpha value is -4.37. The number of anilines is 1. The van der Waals surface area contributed by atoms with Crippen LogP contribution in [0.4, 0.5) is 5.69 Å². The Bertz CT molecular complexity index is 1170. The molecule has 0 saturated carbocycles. The van der Waals surface area contributed by atoms with Crippen LogP contribution in [0, 0.1) is 31.1 Å². The lowest BCUT2D eigenvalue weighted by Gasteiger charge is -2.27. The third-order valence-electron chi connectivity index (χ3n) is 5.69. The number of fused-ring (bicyclic) bond motifs is 1. The molecule has 0 bridgehead atoms. The molecule has 2 heterocycles. The van der Waals surface area contributed by atoms with Crippen molar-refractivity contribution < 1.29 is 14.0 Å². The van der Waals surface area contributed by atoms with Gasteiger partial charge in [0.05, 0.1) is 6.54 Å². The summed E-state index contributed by atoms with van der Waals surface area (Å²) in [4.78, 5) is 26.9. The van der Waals surface area contributed by atoms with E-state index in [0.717, 1.165) is 54.8 Å². The van der Waals surface area contributed by atoms with E-state index < -0.39 is 5.91 Å². The van der Waals surface area contributed by atoms with Crippen LogP contribution in [0.15, 0.2) is 52.4 Å². The van der Waals surface area contributed by atoms with E-state index in [1.165, 1.54) is 6.42 Å². The number of carbonyl (C=O) groups is 2. The molecule has 198 valence electrons. The highest BCUT2D eigenvalue weighted by molar-refractivity contribution is 5.97. The summed E-state index contributed by atoms with van der Waals surface area (Å²) in [5, 5.41) is 12.4. The molecule has 5 N–H and O–H groups in total. The first kappa shape index (κ1) is 30.7. The summed E-state index contributed by atoms with van der Waals surface area (Å²) in [7, 11) is 2.05. The molecule has 0 aliphatic carbocycles. The maximum atomic E-state index is 11.8. The molecule has 9 heteroatoms. The molecule has 2 amide bonds. The van der Waals surface area contributed by atoms with Crippen molar-refractivity contribution in [3.8, 4) is 18.9 Å². The van der Waals surface area contributed by atoms with Gasteiger partial charge in [-0.1, -0.05) is 19.9 Å². The monoisotopic (exact) mass is 506 g/mol. The second-order valence-corrected chi connectivity index (χ2v) is 8.61. The number of nitrogens with one attached hydrogen (secondary N) is 1. The Morgan fingerprint density at radius 3 is 2.59 bits per heavy atom.